The van der Waals surface area contributed by atoms with Crippen LogP contribution < -0.4 is 0 Å². The number of aromatic nitrogens is 4. The molecule has 6 heteroatoms. The summed E-state index contributed by atoms with van der Waals surface area (Å²) in [5.41, 5.74) is 32.7. The molecule has 492 valence electrons. The van der Waals surface area contributed by atoms with Crippen LogP contribution in [0.15, 0.2) is 385 Å². The van der Waals surface area contributed by atoms with Crippen molar-refractivity contribution < 1.29 is 8.83 Å². The Labute approximate surface area is 605 Å². The molecule has 0 saturated heterocycles. The predicted molar refractivity (Wildman–Crippen MR) is 430 cm³/mol. The molecule has 0 aliphatic heterocycles. The van der Waals surface area contributed by atoms with E-state index < -0.39 is 0 Å². The molecule has 18 aromatic rings. The third kappa shape index (κ3) is 13.0. The number of rotatable bonds is 15. The second-order valence-electron chi connectivity index (χ2n) is 25.7. The highest BCUT2D eigenvalue weighted by molar-refractivity contribution is 5.97. The van der Waals surface area contributed by atoms with E-state index in [1.165, 1.54) is 22.3 Å². The number of benzene rings is 14. The highest BCUT2D eigenvalue weighted by atomic mass is 16.4. The summed E-state index contributed by atoms with van der Waals surface area (Å²) in [4.78, 5) is 20.3. The lowest BCUT2D eigenvalue weighted by Gasteiger charge is -2.13. The zero-order chi connectivity index (χ0) is 69.7. The fourth-order valence-electron chi connectivity index (χ4n) is 14.0. The number of hydrogen-bond acceptors (Lipinski definition) is 6. The summed E-state index contributed by atoms with van der Waals surface area (Å²) in [7, 11) is 0. The molecule has 0 aliphatic carbocycles. The Kier molecular flexibility index (Phi) is 17.5. The van der Waals surface area contributed by atoms with Gasteiger partial charge in [-0.2, -0.15) is 0 Å². The lowest BCUT2D eigenvalue weighted by molar-refractivity contribution is 0.619. The lowest BCUT2D eigenvalue weighted by Crippen LogP contribution is -1.94. The smallest absolute Gasteiger partial charge is 0.227 e. The van der Waals surface area contributed by atoms with Crippen molar-refractivity contribution in [3.8, 4) is 168 Å². The Balaban J connectivity index is 0.00000397. The van der Waals surface area contributed by atoms with Crippen LogP contribution in [-0.2, 0) is 0 Å². The van der Waals surface area contributed by atoms with E-state index in [1.807, 2.05) is 38.2 Å². The second kappa shape index (κ2) is 28.5. The molecule has 0 N–H and O–H groups in total. The van der Waals surface area contributed by atoms with Crippen molar-refractivity contribution in [3.05, 3.63) is 376 Å². The average molecular weight is 1330 g/mol. The molecule has 4 heterocycles. The average Bonchev–Trinajstić information content (AvgIpc) is 1.60. The van der Waals surface area contributed by atoms with E-state index in [9.17, 15) is 0 Å². The first-order valence-corrected chi connectivity index (χ1v) is 35.4. The Morgan fingerprint density at radius 3 is 0.846 bits per heavy atom. The molecule has 0 aliphatic rings. The van der Waals surface area contributed by atoms with Crippen molar-refractivity contribution >= 4 is 22.2 Å². The summed E-state index contributed by atoms with van der Waals surface area (Å²) in [6, 6.07) is 130. The maximum absolute atomic E-state index is 6.69. The van der Waals surface area contributed by atoms with E-state index in [-0.39, 0.29) is 0 Å². The first-order valence-electron chi connectivity index (χ1n) is 35.4. The van der Waals surface area contributed by atoms with Gasteiger partial charge in [0, 0.05) is 28.5 Å². The van der Waals surface area contributed by atoms with Gasteiger partial charge in [-0.1, -0.05) is 287 Å². The minimum Gasteiger partial charge on any atom is -0.436 e. The van der Waals surface area contributed by atoms with E-state index in [4.69, 9.17) is 23.8 Å². The Bertz CT molecular complexity index is 5810. The van der Waals surface area contributed by atoms with Crippen LogP contribution in [0.5, 0.6) is 0 Å². The molecule has 18 rings (SSSR count). The van der Waals surface area contributed by atoms with Crippen molar-refractivity contribution in [1.29, 1.82) is 0 Å². The molecular formula is C98H68N4O2. The van der Waals surface area contributed by atoms with Crippen LogP contribution in [0.1, 0.15) is 13.8 Å². The molecule has 6 nitrogen and oxygen atoms in total. The molecule has 0 unspecified atom stereocenters. The maximum atomic E-state index is 6.69. The fourth-order valence-corrected chi connectivity index (χ4v) is 14.0. The normalized spacial score (nSPS) is 11.2. The molecule has 0 atom stereocenters. The first-order chi connectivity index (χ1) is 51.5. The number of fused-ring (bicyclic) bond motifs is 2. The molecule has 104 heavy (non-hydrogen) atoms. The molecule has 0 fully saturated rings. The predicted octanol–water partition coefficient (Wildman–Crippen LogP) is 26.8. The van der Waals surface area contributed by atoms with Crippen LogP contribution in [0.3, 0.4) is 0 Å². The van der Waals surface area contributed by atoms with Crippen molar-refractivity contribution in [1.82, 2.24) is 19.9 Å². The minimum atomic E-state index is 0.563. The van der Waals surface area contributed by atoms with Gasteiger partial charge in [0.25, 0.3) is 0 Å². The van der Waals surface area contributed by atoms with Gasteiger partial charge in [-0.05, 0) is 214 Å². The van der Waals surface area contributed by atoms with Gasteiger partial charge in [-0.3, -0.25) is 4.98 Å². The maximum Gasteiger partial charge on any atom is 0.227 e. The molecule has 4 aromatic heterocycles. The number of pyridine rings is 2. The van der Waals surface area contributed by atoms with Gasteiger partial charge >= 0.3 is 0 Å². The molecule has 0 bridgehead atoms. The summed E-state index contributed by atoms with van der Waals surface area (Å²) in [5, 5.41) is 0. The molecule has 0 spiro atoms. The van der Waals surface area contributed by atoms with E-state index >= 15 is 0 Å². The van der Waals surface area contributed by atoms with Crippen molar-refractivity contribution in [3.63, 3.8) is 0 Å². The Morgan fingerprint density at radius 2 is 0.490 bits per heavy atom. The summed E-state index contributed by atoms with van der Waals surface area (Å²) < 4.78 is 13.4. The topological polar surface area (TPSA) is 77.8 Å². The van der Waals surface area contributed by atoms with E-state index in [1.54, 1.807) is 0 Å². The van der Waals surface area contributed by atoms with Gasteiger partial charge < -0.3 is 8.83 Å². The highest BCUT2D eigenvalue weighted by Crippen LogP contribution is 2.44. The SMILES string of the molecule is CC.c1ccc(-c2cccc(-c3cc4nc(-c5ccc(-c6ccc(-c7ccc(-c8ccccn8)nc7-c7ccc(-c8ccc(-c9nc%10cc(-c%11cccc(-c%12ccccc%12)c%11)c(-c%11cccc(-c%12ccccc%12)c%11)cc%10o9)cc8)cc7)cc6)cc5)oc4cc3-c3cccc(-c4ccccc4)c3)c2)cc1. The van der Waals surface area contributed by atoms with Gasteiger partial charge in [-0.25, -0.2) is 15.0 Å². The number of hydrogen-bond donors (Lipinski definition) is 0. The first kappa shape index (κ1) is 63.7. The fraction of sp³-hybridized carbons (Fsp3) is 0.0204. The van der Waals surface area contributed by atoms with E-state index in [0.29, 0.717) is 11.8 Å². The van der Waals surface area contributed by atoms with Crippen LogP contribution in [0.25, 0.3) is 190 Å². The van der Waals surface area contributed by atoms with Crippen LogP contribution >= 0.6 is 0 Å². The number of nitrogens with zero attached hydrogens (tertiary/aromatic N) is 4. The highest BCUT2D eigenvalue weighted by Gasteiger charge is 2.21. The molecule has 0 radical (unpaired) electrons. The van der Waals surface area contributed by atoms with Gasteiger partial charge in [0.2, 0.25) is 11.8 Å². The molecule has 0 saturated carbocycles. The van der Waals surface area contributed by atoms with Crippen molar-refractivity contribution in [2.24, 2.45) is 0 Å². The quantitative estimate of drug-likeness (QED) is 0.102. The van der Waals surface area contributed by atoms with Crippen molar-refractivity contribution in [2.45, 2.75) is 13.8 Å². The largest absolute Gasteiger partial charge is 0.436 e. The van der Waals surface area contributed by atoms with Crippen LogP contribution in [0.2, 0.25) is 0 Å². The molecule has 0 amide bonds. The van der Waals surface area contributed by atoms with Crippen LogP contribution in [0, 0.1) is 0 Å². The third-order valence-electron chi connectivity index (χ3n) is 19.3. The lowest BCUT2D eigenvalue weighted by atomic mass is 9.91. The molecular weight excluding hydrogens is 1270 g/mol. The van der Waals surface area contributed by atoms with Gasteiger partial charge in [-0.15, -0.1) is 0 Å². The van der Waals surface area contributed by atoms with Crippen LogP contribution in [0.4, 0.5) is 0 Å². The van der Waals surface area contributed by atoms with Crippen molar-refractivity contribution in [2.75, 3.05) is 0 Å². The zero-order valence-corrected chi connectivity index (χ0v) is 57.4. The summed E-state index contributed by atoms with van der Waals surface area (Å²) in [5.74, 6) is 1.13. The van der Waals surface area contributed by atoms with Gasteiger partial charge in [0.1, 0.15) is 11.0 Å². The van der Waals surface area contributed by atoms with Gasteiger partial charge in [0.05, 0.1) is 17.1 Å². The standard InChI is InChI=1S/C96H62N4O2.C2H6/c1-5-19-63(20-6-1)75-27-15-31-79(55-75)84-59-90-92(61-86(84)81-33-17-29-77(57-81)65-23-9-3-10-24-65)101-95(99-90)73-48-40-69(41-49-73)67-36-44-71(45-37-67)83-52-53-89(88-35-13-14-54-97-88)98-94(83)72-46-38-68(39-47-72)70-42-50-74(51-43-70)96-100-91-60-85(80-32-16-28-76(56-80)64-21-7-2-8-22-64)87(62-93(91)102-96)82-34-18-30-78(58-82)66-25-11-4-12-26-66;1-2/h1-62H;1-2H3. The minimum absolute atomic E-state index is 0.563. The second-order valence-corrected chi connectivity index (χ2v) is 25.7. The zero-order valence-electron chi connectivity index (χ0n) is 57.4. The van der Waals surface area contributed by atoms with Gasteiger partial charge in [0.15, 0.2) is 11.2 Å². The molecule has 14 aromatic carbocycles. The Hall–Kier alpha value is -13.7. The Morgan fingerprint density at radius 1 is 0.192 bits per heavy atom. The summed E-state index contributed by atoms with van der Waals surface area (Å²) in [6.07, 6.45) is 1.81. The van der Waals surface area contributed by atoms with E-state index in [0.717, 1.165) is 156 Å². The van der Waals surface area contributed by atoms with Crippen LogP contribution in [-0.4, -0.2) is 19.9 Å². The monoisotopic (exact) mass is 1330 g/mol. The summed E-state index contributed by atoms with van der Waals surface area (Å²) >= 11 is 0. The summed E-state index contributed by atoms with van der Waals surface area (Å²) in [6.45, 7) is 4.00. The number of oxazole rings is 2. The third-order valence-corrected chi connectivity index (χ3v) is 19.3. The van der Waals surface area contributed by atoms with E-state index in [2.05, 4.69) is 357 Å².